The minimum Gasteiger partial charge on any atom is -0.481 e. The molecular formula is C18H22F3NO4. The first-order chi connectivity index (χ1) is 12.0. The van der Waals surface area contributed by atoms with Crippen LogP contribution in [0.3, 0.4) is 0 Å². The quantitative estimate of drug-likeness (QED) is 0.845. The van der Waals surface area contributed by atoms with Crippen LogP contribution in [0.15, 0.2) is 18.2 Å². The van der Waals surface area contributed by atoms with E-state index < -0.39 is 29.2 Å². The van der Waals surface area contributed by atoms with E-state index in [-0.39, 0.29) is 12.6 Å². The van der Waals surface area contributed by atoms with E-state index in [2.05, 4.69) is 0 Å². The molecule has 0 aliphatic carbocycles. The molecule has 1 aromatic rings. The van der Waals surface area contributed by atoms with Gasteiger partial charge in [0.2, 0.25) is 0 Å². The van der Waals surface area contributed by atoms with E-state index in [1.165, 1.54) is 24.8 Å². The third-order valence-corrected chi connectivity index (χ3v) is 4.58. The third-order valence-electron chi connectivity index (χ3n) is 4.58. The Balaban J connectivity index is 2.29. The summed E-state index contributed by atoms with van der Waals surface area (Å²) in [6.45, 7) is 4.41. The summed E-state index contributed by atoms with van der Waals surface area (Å²) in [5.74, 6) is -1.11. The van der Waals surface area contributed by atoms with Crippen molar-refractivity contribution in [3.05, 3.63) is 29.3 Å². The van der Waals surface area contributed by atoms with Crippen molar-refractivity contribution in [2.24, 2.45) is 5.41 Å². The number of hydrogen-bond donors (Lipinski definition) is 1. The molecule has 0 spiro atoms. The zero-order valence-electron chi connectivity index (χ0n) is 14.9. The summed E-state index contributed by atoms with van der Waals surface area (Å²) >= 11 is 0. The van der Waals surface area contributed by atoms with Crippen molar-refractivity contribution < 1.29 is 32.6 Å². The molecule has 26 heavy (non-hydrogen) atoms. The molecule has 1 aliphatic rings. The van der Waals surface area contributed by atoms with E-state index in [1.807, 2.05) is 6.92 Å². The number of benzene rings is 1. The lowest BCUT2D eigenvalue weighted by atomic mass is 9.93. The van der Waals surface area contributed by atoms with Crippen LogP contribution in [0.5, 0.6) is 0 Å². The first-order valence-electron chi connectivity index (χ1n) is 8.37. The number of carboxylic acid groups (broad SMARTS) is 1. The number of carbonyl (C=O) groups excluding carboxylic acids is 1. The fourth-order valence-corrected chi connectivity index (χ4v) is 2.85. The Hall–Kier alpha value is -2.25. The van der Waals surface area contributed by atoms with E-state index in [0.717, 1.165) is 12.1 Å². The van der Waals surface area contributed by atoms with Gasteiger partial charge in [0, 0.05) is 6.04 Å². The number of ether oxygens (including phenoxy) is 1. The first kappa shape index (κ1) is 20.1. The lowest BCUT2D eigenvalue weighted by molar-refractivity contribution is -0.149. The van der Waals surface area contributed by atoms with E-state index in [4.69, 9.17) is 9.84 Å². The highest BCUT2D eigenvalue weighted by Crippen LogP contribution is 2.37. The predicted molar refractivity (Wildman–Crippen MR) is 89.1 cm³/mol. The summed E-state index contributed by atoms with van der Waals surface area (Å²) in [5.41, 5.74) is -1.20. The second kappa shape index (κ2) is 7.17. The number of carboxylic acids is 1. The molecular weight excluding hydrogens is 351 g/mol. The van der Waals surface area contributed by atoms with Crippen LogP contribution in [0, 0.1) is 5.41 Å². The van der Waals surface area contributed by atoms with E-state index in [0.29, 0.717) is 30.5 Å². The molecule has 0 aromatic heterocycles. The Morgan fingerprint density at radius 3 is 2.50 bits per heavy atom. The second-order valence-electron chi connectivity index (χ2n) is 7.06. The number of carbonyl (C=O) groups is 2. The summed E-state index contributed by atoms with van der Waals surface area (Å²) in [6.07, 6.45) is -3.64. The van der Waals surface area contributed by atoms with E-state index in [1.54, 1.807) is 0 Å². The highest BCUT2D eigenvalue weighted by molar-refractivity contribution is 5.90. The lowest BCUT2D eigenvalue weighted by Crippen LogP contribution is -2.45. The zero-order chi connectivity index (χ0) is 19.7. The number of fused-ring (bicyclic) bond motifs is 1. The van der Waals surface area contributed by atoms with Gasteiger partial charge in [-0.3, -0.25) is 9.69 Å². The number of rotatable bonds is 4. The fourth-order valence-electron chi connectivity index (χ4n) is 2.85. The zero-order valence-corrected chi connectivity index (χ0v) is 14.9. The molecule has 2 rings (SSSR count). The number of aryl methyl sites for hydroxylation is 1. The molecule has 8 heteroatoms. The Morgan fingerprint density at radius 1 is 1.31 bits per heavy atom. The molecule has 1 aromatic carbocycles. The largest absolute Gasteiger partial charge is 0.481 e. The number of aliphatic carboxylic acids is 1. The van der Waals surface area contributed by atoms with Crippen molar-refractivity contribution in [2.75, 3.05) is 11.5 Å². The van der Waals surface area contributed by atoms with Crippen LogP contribution in [0.1, 0.15) is 44.7 Å². The topological polar surface area (TPSA) is 66.8 Å². The SMILES string of the molecule is CCC1CCc2cc(C(F)(F)F)ccc2N1C(=O)OCC(C)(C)C(=O)O. The van der Waals surface area contributed by atoms with Crippen LogP contribution in [-0.4, -0.2) is 29.8 Å². The number of alkyl halides is 3. The van der Waals surface area contributed by atoms with Gasteiger partial charge in [0.05, 0.1) is 16.7 Å². The van der Waals surface area contributed by atoms with E-state index in [9.17, 15) is 22.8 Å². The summed E-state index contributed by atoms with van der Waals surface area (Å²) < 4.78 is 43.9. The average molecular weight is 373 g/mol. The molecule has 144 valence electrons. The Kier molecular flexibility index (Phi) is 5.53. The molecule has 0 saturated heterocycles. The first-order valence-corrected chi connectivity index (χ1v) is 8.37. The van der Waals surface area contributed by atoms with E-state index >= 15 is 0 Å². The van der Waals surface area contributed by atoms with Gasteiger partial charge in [0.15, 0.2) is 0 Å². The van der Waals surface area contributed by atoms with Crippen LogP contribution in [0.25, 0.3) is 0 Å². The maximum Gasteiger partial charge on any atom is 0.416 e. The number of hydrogen-bond acceptors (Lipinski definition) is 3. The number of halogens is 3. The monoisotopic (exact) mass is 373 g/mol. The summed E-state index contributed by atoms with van der Waals surface area (Å²) in [6, 6.07) is 3.07. The van der Waals surface area contributed by atoms with Gasteiger partial charge >= 0.3 is 18.2 Å². The summed E-state index contributed by atoms with van der Waals surface area (Å²) in [5, 5.41) is 9.12. The van der Waals surface area contributed by atoms with Crippen LogP contribution in [-0.2, 0) is 22.1 Å². The number of anilines is 1. The fraction of sp³-hybridized carbons (Fsp3) is 0.556. The molecule has 1 heterocycles. The van der Waals surface area contributed by atoms with Gasteiger partial charge in [0.25, 0.3) is 0 Å². The summed E-state index contributed by atoms with van der Waals surface area (Å²) in [4.78, 5) is 25.1. The average Bonchev–Trinajstić information content (AvgIpc) is 2.57. The predicted octanol–water partition coefficient (Wildman–Crippen LogP) is 4.48. The molecule has 5 nitrogen and oxygen atoms in total. The number of amides is 1. The molecule has 1 N–H and O–H groups in total. The molecule has 0 saturated carbocycles. The highest BCUT2D eigenvalue weighted by Gasteiger charge is 2.36. The van der Waals surface area contributed by atoms with Crippen molar-refractivity contribution >= 4 is 17.7 Å². The van der Waals surface area contributed by atoms with Crippen molar-refractivity contribution in [1.29, 1.82) is 0 Å². The van der Waals surface area contributed by atoms with Crippen molar-refractivity contribution in [2.45, 2.75) is 52.3 Å². The van der Waals surface area contributed by atoms with Gasteiger partial charge in [-0.1, -0.05) is 6.92 Å². The minimum atomic E-state index is -4.45. The molecule has 1 unspecified atom stereocenters. The minimum absolute atomic E-state index is 0.209. The smallest absolute Gasteiger partial charge is 0.416 e. The maximum atomic E-state index is 12.9. The Labute approximate surface area is 149 Å². The van der Waals surface area contributed by atoms with Crippen LogP contribution in [0.4, 0.5) is 23.7 Å². The summed E-state index contributed by atoms with van der Waals surface area (Å²) in [7, 11) is 0. The Bertz CT molecular complexity index is 700. The normalized spacial score (nSPS) is 17.6. The van der Waals surface area contributed by atoms with Gasteiger partial charge in [-0.05, 0) is 56.9 Å². The molecule has 0 bridgehead atoms. The molecule has 1 atom stereocenters. The van der Waals surface area contributed by atoms with Crippen molar-refractivity contribution in [1.82, 2.24) is 0 Å². The molecule has 0 fully saturated rings. The molecule has 0 radical (unpaired) electrons. The lowest BCUT2D eigenvalue weighted by Gasteiger charge is -2.36. The van der Waals surface area contributed by atoms with Gasteiger partial charge in [-0.15, -0.1) is 0 Å². The van der Waals surface area contributed by atoms with Crippen molar-refractivity contribution in [3.63, 3.8) is 0 Å². The van der Waals surface area contributed by atoms with Crippen molar-refractivity contribution in [3.8, 4) is 0 Å². The van der Waals surface area contributed by atoms with Crippen LogP contribution in [0.2, 0.25) is 0 Å². The third kappa shape index (κ3) is 4.11. The van der Waals surface area contributed by atoms with Gasteiger partial charge < -0.3 is 9.84 Å². The molecule has 1 amide bonds. The highest BCUT2D eigenvalue weighted by atomic mass is 19.4. The Morgan fingerprint density at radius 2 is 1.96 bits per heavy atom. The van der Waals surface area contributed by atoms with Gasteiger partial charge in [0.1, 0.15) is 6.61 Å². The van der Waals surface area contributed by atoms with Crippen LogP contribution >= 0.6 is 0 Å². The van der Waals surface area contributed by atoms with Crippen LogP contribution < -0.4 is 4.90 Å². The molecule has 1 aliphatic heterocycles. The number of nitrogens with zero attached hydrogens (tertiary/aromatic N) is 1. The second-order valence-corrected chi connectivity index (χ2v) is 7.06. The van der Waals surface area contributed by atoms with Gasteiger partial charge in [-0.25, -0.2) is 4.79 Å². The van der Waals surface area contributed by atoms with Gasteiger partial charge in [-0.2, -0.15) is 13.2 Å². The standard InChI is InChI=1S/C18H22F3NO4/c1-4-13-7-5-11-9-12(18(19,20)21)6-8-14(11)22(13)16(25)26-10-17(2,3)15(23)24/h6,8-9,13H,4-5,7,10H2,1-3H3,(H,23,24). The maximum absolute atomic E-state index is 12.9.